The highest BCUT2D eigenvalue weighted by atomic mass is 32.2. The Bertz CT molecular complexity index is 448. The summed E-state index contributed by atoms with van der Waals surface area (Å²) in [6, 6.07) is 3.99. The van der Waals surface area contributed by atoms with Gasteiger partial charge in [0, 0.05) is 5.56 Å². The molecular weight excluding hydrogens is 254 g/mol. The van der Waals surface area contributed by atoms with E-state index in [9.17, 15) is 4.55 Å². The highest BCUT2D eigenvalue weighted by Gasteiger charge is 2.28. The first kappa shape index (κ1) is 14.9. The van der Waals surface area contributed by atoms with Crippen LogP contribution in [0.1, 0.15) is 55.7 Å². The zero-order valence-corrected chi connectivity index (χ0v) is 13.2. The van der Waals surface area contributed by atoms with Gasteiger partial charge in [-0.05, 0) is 68.1 Å². The van der Waals surface area contributed by atoms with Crippen LogP contribution >= 0.6 is 0 Å². The Balaban J connectivity index is 2.40. The van der Waals surface area contributed by atoms with Crippen molar-refractivity contribution in [3.8, 4) is 0 Å². The van der Waals surface area contributed by atoms with Gasteiger partial charge < -0.3 is 4.55 Å². The minimum atomic E-state index is -1.38. The Morgan fingerprint density at radius 3 is 2.21 bits per heavy atom. The van der Waals surface area contributed by atoms with Crippen LogP contribution in [0.5, 0.6) is 0 Å². The van der Waals surface area contributed by atoms with Crippen LogP contribution in [-0.4, -0.2) is 4.55 Å². The number of hydrogen-bond acceptors (Lipinski definition) is 2. The summed E-state index contributed by atoms with van der Waals surface area (Å²) in [5.74, 6) is 2.15. The Morgan fingerprint density at radius 1 is 1.11 bits per heavy atom. The van der Waals surface area contributed by atoms with Gasteiger partial charge in [-0.25, -0.2) is 0 Å². The van der Waals surface area contributed by atoms with Crippen molar-refractivity contribution in [3.63, 3.8) is 0 Å². The molecule has 0 spiro atoms. The summed E-state index contributed by atoms with van der Waals surface area (Å²) in [5.41, 5.74) is 3.86. The first-order valence-corrected chi connectivity index (χ1v) is 8.37. The minimum absolute atomic E-state index is 0.599. The summed E-state index contributed by atoms with van der Waals surface area (Å²) in [5, 5.41) is 5.59. The third-order valence-corrected chi connectivity index (χ3v) is 5.36. The molecule has 0 aliphatic heterocycles. The highest BCUT2D eigenvalue weighted by molar-refractivity contribution is 7.89. The van der Waals surface area contributed by atoms with Crippen molar-refractivity contribution in [2.24, 2.45) is 17.0 Å². The molecule has 0 heterocycles. The van der Waals surface area contributed by atoms with Gasteiger partial charge in [0.25, 0.3) is 0 Å². The van der Waals surface area contributed by atoms with Gasteiger partial charge in [0.15, 0.2) is 4.90 Å². The lowest BCUT2D eigenvalue weighted by Crippen LogP contribution is -2.21. The van der Waals surface area contributed by atoms with Crippen molar-refractivity contribution in [2.75, 3.05) is 0 Å². The number of rotatable bonds is 2. The van der Waals surface area contributed by atoms with Crippen LogP contribution in [-0.2, 0) is 11.4 Å². The van der Waals surface area contributed by atoms with Crippen LogP contribution in [0.2, 0.25) is 0 Å². The molecule has 2 N–H and O–H groups in total. The first-order valence-electron chi connectivity index (χ1n) is 7.16. The molecule has 1 fully saturated rings. The lowest BCUT2D eigenvalue weighted by Gasteiger charge is -2.33. The molecular formula is C16H25NOS. The van der Waals surface area contributed by atoms with Crippen molar-refractivity contribution in [1.82, 2.24) is 0 Å². The number of hydrogen-bond donors (Lipinski definition) is 1. The maximum absolute atomic E-state index is 11.6. The van der Waals surface area contributed by atoms with E-state index in [2.05, 4.69) is 33.8 Å². The summed E-state index contributed by atoms with van der Waals surface area (Å²) in [4.78, 5) is 0.798. The quantitative estimate of drug-likeness (QED) is 0.837. The molecule has 0 saturated heterocycles. The van der Waals surface area contributed by atoms with Gasteiger partial charge in [-0.1, -0.05) is 19.9 Å². The molecule has 2 unspecified atom stereocenters. The molecule has 1 aliphatic rings. The maximum atomic E-state index is 11.6. The van der Waals surface area contributed by atoms with Crippen molar-refractivity contribution in [3.05, 3.63) is 28.8 Å². The zero-order chi connectivity index (χ0) is 14.2. The van der Waals surface area contributed by atoms with Gasteiger partial charge >= 0.3 is 0 Å². The summed E-state index contributed by atoms with van der Waals surface area (Å²) >= 11 is -1.38. The van der Waals surface area contributed by atoms with Gasteiger partial charge in [0.1, 0.15) is 0 Å². The molecule has 106 valence electrons. The summed E-state index contributed by atoms with van der Waals surface area (Å²) in [6.07, 6.45) is 3.82. The molecule has 1 saturated carbocycles. The topological polar surface area (TPSA) is 49.1 Å². The molecule has 1 aromatic rings. The average Bonchev–Trinajstić information content (AvgIpc) is 2.26. The normalized spacial score (nSPS) is 29.3. The Morgan fingerprint density at radius 2 is 1.68 bits per heavy atom. The standard InChI is InChI=1S/C16H25NOS/c1-10-7-11(2)9-14(8-10)16-12(3)5-6-15(13(16)4)19(17)18/h5-6,10-11,14H,7-9,17H2,1-4H3/t10-,11+,14?,19?. The van der Waals surface area contributed by atoms with Gasteiger partial charge in [-0.2, -0.15) is 0 Å². The Hall–Kier alpha value is -0.510. The van der Waals surface area contributed by atoms with Crippen LogP contribution in [0.3, 0.4) is 0 Å². The van der Waals surface area contributed by atoms with Crippen molar-refractivity contribution >= 4 is 11.4 Å². The van der Waals surface area contributed by atoms with Crippen LogP contribution in [0, 0.1) is 25.7 Å². The zero-order valence-electron chi connectivity index (χ0n) is 12.4. The molecule has 19 heavy (non-hydrogen) atoms. The smallest absolute Gasteiger partial charge is 0.176 e. The van der Waals surface area contributed by atoms with E-state index in [0.717, 1.165) is 22.3 Å². The molecule has 0 radical (unpaired) electrons. The van der Waals surface area contributed by atoms with Crippen molar-refractivity contribution in [2.45, 2.75) is 57.8 Å². The van der Waals surface area contributed by atoms with E-state index in [-0.39, 0.29) is 0 Å². The Labute approximate surface area is 120 Å². The monoisotopic (exact) mass is 279 g/mol. The van der Waals surface area contributed by atoms with Gasteiger partial charge in [0.2, 0.25) is 0 Å². The fourth-order valence-corrected chi connectivity index (χ4v) is 4.49. The molecule has 2 nitrogen and oxygen atoms in total. The van der Waals surface area contributed by atoms with Crippen LogP contribution < -0.4 is 5.14 Å². The van der Waals surface area contributed by atoms with Crippen LogP contribution in [0.15, 0.2) is 17.0 Å². The van der Waals surface area contributed by atoms with E-state index in [1.54, 1.807) is 0 Å². The second-order valence-corrected chi connectivity index (χ2v) is 7.37. The molecule has 0 aromatic heterocycles. The molecule has 1 aliphatic carbocycles. The fourth-order valence-electron chi connectivity index (χ4n) is 3.87. The highest BCUT2D eigenvalue weighted by Crippen LogP contribution is 2.42. The first-order chi connectivity index (χ1) is 8.90. The average molecular weight is 279 g/mol. The third-order valence-electron chi connectivity index (χ3n) is 4.49. The molecule has 0 bridgehead atoms. The predicted octanol–water partition coefficient (Wildman–Crippen LogP) is 3.82. The lowest BCUT2D eigenvalue weighted by molar-refractivity contribution is 0.267. The van der Waals surface area contributed by atoms with E-state index in [1.807, 2.05) is 6.07 Å². The second-order valence-electron chi connectivity index (χ2n) is 6.33. The van der Waals surface area contributed by atoms with Gasteiger partial charge in [-0.15, -0.1) is 5.14 Å². The molecule has 1 aromatic carbocycles. The summed E-state index contributed by atoms with van der Waals surface area (Å²) < 4.78 is 11.6. The number of benzene rings is 1. The van der Waals surface area contributed by atoms with Crippen molar-refractivity contribution < 1.29 is 4.55 Å². The fraction of sp³-hybridized carbons (Fsp3) is 0.625. The van der Waals surface area contributed by atoms with Gasteiger partial charge in [0.05, 0.1) is 11.4 Å². The largest absolute Gasteiger partial charge is 0.593 e. The number of aryl methyl sites for hydroxylation is 1. The van der Waals surface area contributed by atoms with E-state index in [4.69, 9.17) is 5.14 Å². The second kappa shape index (κ2) is 5.86. The molecule has 2 rings (SSSR count). The van der Waals surface area contributed by atoms with E-state index in [1.165, 1.54) is 30.4 Å². The summed E-state index contributed by atoms with van der Waals surface area (Å²) in [7, 11) is 0. The maximum Gasteiger partial charge on any atom is 0.176 e. The number of nitrogens with two attached hydrogens (primary N) is 1. The molecule has 3 heteroatoms. The van der Waals surface area contributed by atoms with Crippen LogP contribution in [0.4, 0.5) is 0 Å². The van der Waals surface area contributed by atoms with Crippen molar-refractivity contribution in [1.29, 1.82) is 0 Å². The lowest BCUT2D eigenvalue weighted by atomic mass is 9.72. The third kappa shape index (κ3) is 3.15. The van der Waals surface area contributed by atoms with Crippen LogP contribution in [0.25, 0.3) is 0 Å². The van der Waals surface area contributed by atoms with E-state index < -0.39 is 11.4 Å². The summed E-state index contributed by atoms with van der Waals surface area (Å²) in [6.45, 7) is 8.93. The van der Waals surface area contributed by atoms with E-state index >= 15 is 0 Å². The molecule has 4 atom stereocenters. The van der Waals surface area contributed by atoms with E-state index in [0.29, 0.717) is 5.92 Å². The Kier molecular flexibility index (Phi) is 4.59. The predicted molar refractivity (Wildman–Crippen MR) is 81.4 cm³/mol. The molecule has 0 amide bonds. The minimum Gasteiger partial charge on any atom is -0.593 e. The van der Waals surface area contributed by atoms with Gasteiger partial charge in [-0.3, -0.25) is 0 Å². The SMILES string of the molecule is Cc1ccc([S+](N)[O-])c(C)c1C1C[C@@H](C)C[C@@H](C)C1.